The standard InChI is InChI=1S/C8H6Br4O2/c9-6-4(3-13)1-2-5(7(6)10)8(11,12)14/h1-2,13-14H,3H2. The second-order valence-electron chi connectivity index (χ2n) is 2.60. The largest absolute Gasteiger partial charge is 0.392 e. The minimum absolute atomic E-state index is 0.0531. The van der Waals surface area contributed by atoms with Gasteiger partial charge >= 0.3 is 0 Å². The molecule has 0 aromatic heterocycles. The molecule has 1 aromatic carbocycles. The van der Waals surface area contributed by atoms with Crippen LogP contribution in [0.1, 0.15) is 11.1 Å². The molecule has 78 valence electrons. The minimum atomic E-state index is -1.27. The van der Waals surface area contributed by atoms with Crippen molar-refractivity contribution < 1.29 is 10.2 Å². The molecule has 6 heteroatoms. The molecule has 0 saturated heterocycles. The van der Waals surface area contributed by atoms with Gasteiger partial charge in [-0.3, -0.25) is 0 Å². The van der Waals surface area contributed by atoms with Crippen molar-refractivity contribution in [2.24, 2.45) is 0 Å². The quantitative estimate of drug-likeness (QED) is 0.672. The van der Waals surface area contributed by atoms with E-state index in [1.807, 2.05) is 0 Å². The van der Waals surface area contributed by atoms with E-state index in [0.717, 1.165) is 10.0 Å². The maximum absolute atomic E-state index is 9.68. The van der Waals surface area contributed by atoms with Crippen LogP contribution in [0.3, 0.4) is 0 Å². The van der Waals surface area contributed by atoms with E-state index in [-0.39, 0.29) is 6.61 Å². The van der Waals surface area contributed by atoms with Crippen LogP contribution in [0.4, 0.5) is 0 Å². The zero-order valence-corrected chi connectivity index (χ0v) is 13.1. The Kier molecular flexibility index (Phi) is 4.62. The molecule has 0 spiro atoms. The first kappa shape index (κ1) is 13.1. The highest BCUT2D eigenvalue weighted by Crippen LogP contribution is 2.42. The highest BCUT2D eigenvalue weighted by atomic mass is 79.9. The lowest BCUT2D eigenvalue weighted by Crippen LogP contribution is -2.08. The summed E-state index contributed by atoms with van der Waals surface area (Å²) in [6.07, 6.45) is 0. The third kappa shape index (κ3) is 2.80. The fourth-order valence-corrected chi connectivity index (χ4v) is 3.28. The van der Waals surface area contributed by atoms with Gasteiger partial charge in [0.05, 0.1) is 6.61 Å². The molecule has 0 aliphatic carbocycles. The van der Waals surface area contributed by atoms with E-state index in [4.69, 9.17) is 5.11 Å². The number of halogens is 4. The van der Waals surface area contributed by atoms with Crippen LogP contribution in [0.5, 0.6) is 0 Å². The SMILES string of the molecule is OCc1ccc(C(O)(Br)Br)c(Br)c1Br. The van der Waals surface area contributed by atoms with Crippen LogP contribution in [0.2, 0.25) is 0 Å². The summed E-state index contributed by atoms with van der Waals surface area (Å²) < 4.78 is 0.158. The van der Waals surface area contributed by atoms with Crippen LogP contribution < -0.4 is 0 Å². The molecular formula is C8H6Br4O2. The zero-order chi connectivity index (χ0) is 10.9. The van der Waals surface area contributed by atoms with E-state index in [1.54, 1.807) is 12.1 Å². The summed E-state index contributed by atoms with van der Waals surface area (Å²) in [6, 6.07) is 3.45. The molecule has 0 atom stereocenters. The van der Waals surface area contributed by atoms with Crippen molar-refractivity contribution in [3.8, 4) is 0 Å². The van der Waals surface area contributed by atoms with Gasteiger partial charge in [-0.15, -0.1) is 0 Å². The van der Waals surface area contributed by atoms with Gasteiger partial charge in [-0.2, -0.15) is 0 Å². The lowest BCUT2D eigenvalue weighted by Gasteiger charge is -2.17. The second-order valence-corrected chi connectivity index (χ2v) is 7.54. The molecule has 0 saturated carbocycles. The van der Waals surface area contributed by atoms with Crippen LogP contribution in [0.15, 0.2) is 21.1 Å². The fourth-order valence-electron chi connectivity index (χ4n) is 0.944. The Labute approximate surface area is 115 Å². The monoisotopic (exact) mass is 450 g/mol. The summed E-state index contributed by atoms with van der Waals surface area (Å²) in [6.45, 7) is -0.0531. The van der Waals surface area contributed by atoms with Crippen molar-refractivity contribution in [2.45, 2.75) is 10.0 Å². The van der Waals surface area contributed by atoms with Gasteiger partial charge in [0.1, 0.15) is 0 Å². The second kappa shape index (κ2) is 4.93. The molecule has 0 bridgehead atoms. The average molecular weight is 454 g/mol. The van der Waals surface area contributed by atoms with Crippen molar-refractivity contribution in [2.75, 3.05) is 0 Å². The van der Waals surface area contributed by atoms with Crippen LogP contribution in [0, 0.1) is 0 Å². The summed E-state index contributed by atoms with van der Waals surface area (Å²) in [5.41, 5.74) is 1.38. The lowest BCUT2D eigenvalue weighted by atomic mass is 10.1. The molecule has 0 amide bonds. The molecule has 14 heavy (non-hydrogen) atoms. The van der Waals surface area contributed by atoms with Crippen LogP contribution in [-0.2, 0) is 10.0 Å². The van der Waals surface area contributed by atoms with E-state index in [1.165, 1.54) is 0 Å². The Morgan fingerprint density at radius 2 is 1.71 bits per heavy atom. The van der Waals surface area contributed by atoms with Crippen molar-refractivity contribution >= 4 is 63.7 Å². The normalized spacial score (nSPS) is 11.9. The van der Waals surface area contributed by atoms with Gasteiger partial charge in [0.25, 0.3) is 0 Å². The van der Waals surface area contributed by atoms with Gasteiger partial charge in [0, 0.05) is 14.5 Å². The van der Waals surface area contributed by atoms with Crippen LogP contribution in [-0.4, -0.2) is 10.2 Å². The first-order valence-electron chi connectivity index (χ1n) is 3.56. The van der Waals surface area contributed by atoms with Crippen molar-refractivity contribution in [3.63, 3.8) is 0 Å². The molecule has 0 heterocycles. The topological polar surface area (TPSA) is 40.5 Å². The third-order valence-electron chi connectivity index (χ3n) is 1.66. The van der Waals surface area contributed by atoms with E-state index in [9.17, 15) is 5.11 Å². The first-order chi connectivity index (χ1) is 6.38. The number of hydrogen-bond donors (Lipinski definition) is 2. The van der Waals surface area contributed by atoms with Gasteiger partial charge in [-0.1, -0.05) is 12.1 Å². The highest BCUT2D eigenvalue weighted by Gasteiger charge is 2.25. The number of rotatable bonds is 2. The Morgan fingerprint density at radius 1 is 1.14 bits per heavy atom. The molecule has 2 N–H and O–H groups in total. The van der Waals surface area contributed by atoms with Crippen LogP contribution in [0.25, 0.3) is 0 Å². The lowest BCUT2D eigenvalue weighted by molar-refractivity contribution is 0.248. The Balaban J connectivity index is 3.31. The van der Waals surface area contributed by atoms with E-state index >= 15 is 0 Å². The molecule has 0 aliphatic heterocycles. The number of hydrogen-bond acceptors (Lipinski definition) is 2. The van der Waals surface area contributed by atoms with Gasteiger partial charge in [-0.25, -0.2) is 0 Å². The van der Waals surface area contributed by atoms with Crippen molar-refractivity contribution in [3.05, 3.63) is 32.2 Å². The first-order valence-corrected chi connectivity index (χ1v) is 6.73. The molecule has 0 fully saturated rings. The van der Waals surface area contributed by atoms with Crippen LogP contribution >= 0.6 is 63.7 Å². The van der Waals surface area contributed by atoms with Crippen molar-refractivity contribution in [1.82, 2.24) is 0 Å². The van der Waals surface area contributed by atoms with Gasteiger partial charge in [0.2, 0.25) is 3.42 Å². The Hall–Kier alpha value is 1.06. The predicted molar refractivity (Wildman–Crippen MR) is 69.5 cm³/mol. The molecule has 1 rings (SSSR count). The fraction of sp³-hybridized carbons (Fsp3) is 0.250. The van der Waals surface area contributed by atoms with Gasteiger partial charge in [-0.05, 0) is 69.3 Å². The summed E-state index contributed by atoms with van der Waals surface area (Å²) in [5.74, 6) is 0. The number of alkyl halides is 2. The Morgan fingerprint density at radius 3 is 2.14 bits per heavy atom. The summed E-state index contributed by atoms with van der Waals surface area (Å²) in [5, 5.41) is 18.7. The van der Waals surface area contributed by atoms with E-state index in [0.29, 0.717) is 10.0 Å². The zero-order valence-electron chi connectivity index (χ0n) is 6.77. The smallest absolute Gasteiger partial charge is 0.202 e. The van der Waals surface area contributed by atoms with E-state index < -0.39 is 3.42 Å². The van der Waals surface area contributed by atoms with E-state index in [2.05, 4.69) is 63.7 Å². The molecule has 0 radical (unpaired) electrons. The summed E-state index contributed by atoms with van der Waals surface area (Å²) in [7, 11) is 0. The average Bonchev–Trinajstić information content (AvgIpc) is 2.07. The molecule has 0 aliphatic rings. The van der Waals surface area contributed by atoms with Crippen molar-refractivity contribution in [1.29, 1.82) is 0 Å². The maximum Gasteiger partial charge on any atom is 0.202 e. The molecule has 0 unspecified atom stereocenters. The molecule has 2 nitrogen and oxygen atoms in total. The highest BCUT2D eigenvalue weighted by molar-refractivity contribution is 9.24. The van der Waals surface area contributed by atoms with Gasteiger partial charge in [0.15, 0.2) is 0 Å². The maximum atomic E-state index is 9.68. The third-order valence-corrected chi connectivity index (χ3v) is 4.77. The number of aliphatic hydroxyl groups excluding tert-OH is 1. The number of aliphatic hydroxyl groups is 2. The minimum Gasteiger partial charge on any atom is -0.392 e. The number of benzene rings is 1. The Bertz CT molecular complexity index is 346. The summed E-state index contributed by atoms with van der Waals surface area (Å²) in [4.78, 5) is 0. The molecular weight excluding hydrogens is 448 g/mol. The summed E-state index contributed by atoms with van der Waals surface area (Å²) >= 11 is 12.8. The van der Waals surface area contributed by atoms with Gasteiger partial charge < -0.3 is 10.2 Å². The predicted octanol–water partition coefficient (Wildman–Crippen LogP) is 3.60. The molecule has 1 aromatic rings.